The first-order chi connectivity index (χ1) is 9.18. The molecular formula is C16H20N2O. The minimum absolute atomic E-state index is 0.175. The van der Waals surface area contributed by atoms with Crippen molar-refractivity contribution in [2.75, 3.05) is 6.54 Å². The molecule has 0 saturated carbocycles. The smallest absolute Gasteiger partial charge is 0.107 e. The van der Waals surface area contributed by atoms with Crippen molar-refractivity contribution in [1.82, 2.24) is 4.98 Å². The van der Waals surface area contributed by atoms with Crippen LogP contribution in [0.5, 0.6) is 0 Å². The highest BCUT2D eigenvalue weighted by Gasteiger charge is 2.28. The summed E-state index contributed by atoms with van der Waals surface area (Å²) in [6.07, 6.45) is 3.25. The Balaban J connectivity index is 2.22. The van der Waals surface area contributed by atoms with Gasteiger partial charge in [-0.1, -0.05) is 43.3 Å². The second kappa shape index (κ2) is 5.95. The molecule has 1 heterocycles. The van der Waals surface area contributed by atoms with E-state index in [-0.39, 0.29) is 6.54 Å². The van der Waals surface area contributed by atoms with E-state index in [0.717, 1.165) is 17.7 Å². The van der Waals surface area contributed by atoms with Gasteiger partial charge >= 0.3 is 0 Å². The number of hydrogen-bond donors (Lipinski definition) is 2. The van der Waals surface area contributed by atoms with Crippen LogP contribution < -0.4 is 5.73 Å². The summed E-state index contributed by atoms with van der Waals surface area (Å²) >= 11 is 0. The molecule has 0 aliphatic rings. The Hall–Kier alpha value is -1.71. The summed E-state index contributed by atoms with van der Waals surface area (Å²) in [5, 5.41) is 10.7. The van der Waals surface area contributed by atoms with Crippen LogP contribution in [-0.2, 0) is 18.4 Å². The van der Waals surface area contributed by atoms with Crippen molar-refractivity contribution in [3.8, 4) is 0 Å². The molecule has 0 spiro atoms. The van der Waals surface area contributed by atoms with E-state index in [1.807, 2.05) is 48.7 Å². The number of rotatable bonds is 5. The van der Waals surface area contributed by atoms with Gasteiger partial charge in [0.25, 0.3) is 0 Å². The Labute approximate surface area is 114 Å². The minimum Gasteiger partial charge on any atom is -0.383 e. The third-order valence-corrected chi connectivity index (χ3v) is 3.42. The molecule has 1 unspecified atom stereocenters. The Morgan fingerprint density at radius 2 is 1.89 bits per heavy atom. The zero-order valence-corrected chi connectivity index (χ0v) is 11.2. The largest absolute Gasteiger partial charge is 0.383 e. The predicted octanol–water partition coefficient (Wildman–Crippen LogP) is 2.03. The molecule has 19 heavy (non-hydrogen) atoms. The lowest BCUT2D eigenvalue weighted by atomic mass is 9.89. The first-order valence-electron chi connectivity index (χ1n) is 6.60. The molecule has 0 aliphatic carbocycles. The van der Waals surface area contributed by atoms with Gasteiger partial charge in [-0.15, -0.1) is 0 Å². The minimum atomic E-state index is -1.05. The van der Waals surface area contributed by atoms with Crippen LogP contribution in [0.15, 0.2) is 48.7 Å². The van der Waals surface area contributed by atoms with Gasteiger partial charge in [0.05, 0.1) is 0 Å². The van der Waals surface area contributed by atoms with Crippen LogP contribution >= 0.6 is 0 Å². The molecule has 100 valence electrons. The van der Waals surface area contributed by atoms with Gasteiger partial charge < -0.3 is 10.8 Å². The molecular weight excluding hydrogens is 236 g/mol. The molecule has 0 radical (unpaired) electrons. The van der Waals surface area contributed by atoms with Crippen LogP contribution in [0, 0.1) is 0 Å². The Morgan fingerprint density at radius 3 is 2.42 bits per heavy atom. The molecule has 2 rings (SSSR count). The molecule has 1 aromatic heterocycles. The van der Waals surface area contributed by atoms with Crippen molar-refractivity contribution in [3.05, 3.63) is 65.5 Å². The van der Waals surface area contributed by atoms with Gasteiger partial charge in [0, 0.05) is 24.9 Å². The highest BCUT2D eigenvalue weighted by Crippen LogP contribution is 2.24. The van der Waals surface area contributed by atoms with Gasteiger partial charge in [-0.3, -0.25) is 4.98 Å². The molecule has 0 saturated heterocycles. The SMILES string of the molecule is CCc1ccc(CC(O)(CN)c2ccccc2)nc1. The number of benzene rings is 1. The molecule has 2 aromatic rings. The lowest BCUT2D eigenvalue weighted by Gasteiger charge is -2.26. The number of nitrogens with two attached hydrogens (primary N) is 1. The fraction of sp³-hybridized carbons (Fsp3) is 0.312. The average molecular weight is 256 g/mol. The van der Waals surface area contributed by atoms with E-state index in [0.29, 0.717) is 6.42 Å². The molecule has 3 N–H and O–H groups in total. The lowest BCUT2D eigenvalue weighted by Crippen LogP contribution is -2.37. The zero-order chi connectivity index (χ0) is 13.7. The molecule has 3 nitrogen and oxygen atoms in total. The summed E-state index contributed by atoms with van der Waals surface area (Å²) in [6, 6.07) is 13.5. The fourth-order valence-electron chi connectivity index (χ4n) is 2.11. The first-order valence-corrected chi connectivity index (χ1v) is 6.60. The molecule has 1 aromatic carbocycles. The van der Waals surface area contributed by atoms with Crippen LogP contribution in [-0.4, -0.2) is 16.6 Å². The normalized spacial score (nSPS) is 14.1. The van der Waals surface area contributed by atoms with E-state index in [1.54, 1.807) is 0 Å². The summed E-state index contributed by atoms with van der Waals surface area (Å²) in [4.78, 5) is 4.39. The molecule has 0 bridgehead atoms. The molecule has 1 atom stereocenters. The van der Waals surface area contributed by atoms with Gasteiger partial charge in [0.2, 0.25) is 0 Å². The van der Waals surface area contributed by atoms with E-state index in [4.69, 9.17) is 5.73 Å². The third-order valence-electron chi connectivity index (χ3n) is 3.42. The van der Waals surface area contributed by atoms with Gasteiger partial charge in [0.1, 0.15) is 5.60 Å². The van der Waals surface area contributed by atoms with Crippen molar-refractivity contribution in [3.63, 3.8) is 0 Å². The maximum absolute atomic E-state index is 10.7. The number of pyridine rings is 1. The zero-order valence-electron chi connectivity index (χ0n) is 11.2. The number of hydrogen-bond acceptors (Lipinski definition) is 3. The van der Waals surface area contributed by atoms with Crippen molar-refractivity contribution >= 4 is 0 Å². The first kappa shape index (κ1) is 13.7. The lowest BCUT2D eigenvalue weighted by molar-refractivity contribution is 0.0453. The van der Waals surface area contributed by atoms with Crippen molar-refractivity contribution in [2.45, 2.75) is 25.4 Å². The number of nitrogens with zero attached hydrogens (tertiary/aromatic N) is 1. The van der Waals surface area contributed by atoms with E-state index in [9.17, 15) is 5.11 Å². The summed E-state index contributed by atoms with van der Waals surface area (Å²) in [7, 11) is 0. The van der Waals surface area contributed by atoms with E-state index in [2.05, 4.69) is 11.9 Å². The molecule has 0 fully saturated rings. The summed E-state index contributed by atoms with van der Waals surface area (Å²) in [6.45, 7) is 2.27. The third kappa shape index (κ3) is 3.19. The number of aromatic nitrogens is 1. The second-order valence-electron chi connectivity index (χ2n) is 4.79. The summed E-state index contributed by atoms with van der Waals surface area (Å²) in [5.74, 6) is 0. The van der Waals surface area contributed by atoms with Crippen LogP contribution in [0.25, 0.3) is 0 Å². The Morgan fingerprint density at radius 1 is 1.16 bits per heavy atom. The standard InChI is InChI=1S/C16H20N2O/c1-2-13-8-9-15(18-11-13)10-16(19,12-17)14-6-4-3-5-7-14/h3-9,11,19H,2,10,12,17H2,1H3. The van der Waals surface area contributed by atoms with Gasteiger partial charge in [-0.05, 0) is 23.6 Å². The number of aliphatic hydroxyl groups is 1. The molecule has 0 amide bonds. The van der Waals surface area contributed by atoms with E-state index < -0.39 is 5.60 Å². The summed E-state index contributed by atoms with van der Waals surface area (Å²) < 4.78 is 0. The monoisotopic (exact) mass is 256 g/mol. The van der Waals surface area contributed by atoms with E-state index in [1.165, 1.54) is 5.56 Å². The predicted molar refractivity (Wildman–Crippen MR) is 76.7 cm³/mol. The van der Waals surface area contributed by atoms with Gasteiger partial charge in [-0.25, -0.2) is 0 Å². The van der Waals surface area contributed by atoms with Gasteiger partial charge in [-0.2, -0.15) is 0 Å². The van der Waals surface area contributed by atoms with Gasteiger partial charge in [0.15, 0.2) is 0 Å². The van der Waals surface area contributed by atoms with Crippen molar-refractivity contribution < 1.29 is 5.11 Å². The summed E-state index contributed by atoms with van der Waals surface area (Å²) in [5.41, 5.74) is 7.59. The molecule has 3 heteroatoms. The Kier molecular flexibility index (Phi) is 4.30. The fourth-order valence-corrected chi connectivity index (χ4v) is 2.11. The Bertz CT molecular complexity index is 510. The van der Waals surface area contributed by atoms with Crippen LogP contribution in [0.2, 0.25) is 0 Å². The topological polar surface area (TPSA) is 59.1 Å². The van der Waals surface area contributed by atoms with Crippen molar-refractivity contribution in [1.29, 1.82) is 0 Å². The maximum atomic E-state index is 10.7. The highest BCUT2D eigenvalue weighted by molar-refractivity contribution is 5.25. The maximum Gasteiger partial charge on any atom is 0.107 e. The molecule has 0 aliphatic heterocycles. The highest BCUT2D eigenvalue weighted by atomic mass is 16.3. The second-order valence-corrected chi connectivity index (χ2v) is 4.79. The number of aryl methyl sites for hydroxylation is 1. The average Bonchev–Trinajstić information content (AvgIpc) is 2.49. The van der Waals surface area contributed by atoms with Crippen LogP contribution in [0.4, 0.5) is 0 Å². The van der Waals surface area contributed by atoms with Crippen LogP contribution in [0.1, 0.15) is 23.7 Å². The quantitative estimate of drug-likeness (QED) is 0.860. The van der Waals surface area contributed by atoms with Crippen LogP contribution in [0.3, 0.4) is 0 Å². The van der Waals surface area contributed by atoms with E-state index >= 15 is 0 Å². The van der Waals surface area contributed by atoms with Crippen molar-refractivity contribution in [2.24, 2.45) is 5.73 Å².